The molecule has 3 nitrogen and oxygen atoms in total. The van der Waals surface area contributed by atoms with Crippen LogP contribution in [0, 0.1) is 20.7 Å². The van der Waals surface area contributed by atoms with Crippen molar-refractivity contribution in [2.45, 2.75) is 25.8 Å². The highest BCUT2D eigenvalue weighted by Gasteiger charge is 2.14. The minimum Gasteiger partial charge on any atom is -0.336 e. The van der Waals surface area contributed by atoms with Crippen LogP contribution in [0.15, 0.2) is 18.2 Å². The van der Waals surface area contributed by atoms with E-state index < -0.39 is 6.04 Å². The minimum absolute atomic E-state index is 0.339. The zero-order chi connectivity index (χ0) is 12.8. The second-order valence-corrected chi connectivity index (χ2v) is 4.73. The maximum absolute atomic E-state index is 12.9. The molecule has 17 heavy (non-hydrogen) atoms. The molecule has 1 unspecified atom stereocenters. The first kappa shape index (κ1) is 13.9. The van der Waals surface area contributed by atoms with Gasteiger partial charge in [-0.15, -0.1) is 0 Å². The fraction of sp³-hybridized carbons (Fsp3) is 0.333. The molecule has 1 rings (SSSR count). The smallest absolute Gasteiger partial charge is 0.253 e. The zero-order valence-corrected chi connectivity index (χ0v) is 11.5. The highest BCUT2D eigenvalue weighted by atomic mass is 127. The van der Waals surface area contributed by atoms with Crippen molar-refractivity contribution in [2.24, 2.45) is 0 Å². The van der Waals surface area contributed by atoms with Gasteiger partial charge in [-0.25, -0.2) is 4.39 Å². The Labute approximate surface area is 113 Å². The zero-order valence-electron chi connectivity index (χ0n) is 9.34. The lowest BCUT2D eigenvalue weighted by Crippen LogP contribution is -2.34. The minimum atomic E-state index is -0.492. The van der Waals surface area contributed by atoms with Crippen LogP contribution in [0.1, 0.15) is 30.1 Å². The summed E-state index contributed by atoms with van der Waals surface area (Å²) in [5.74, 6) is -0.717. The van der Waals surface area contributed by atoms with Crippen LogP contribution in [-0.4, -0.2) is 11.9 Å². The van der Waals surface area contributed by atoms with Crippen molar-refractivity contribution in [3.8, 4) is 6.07 Å². The van der Waals surface area contributed by atoms with Gasteiger partial charge < -0.3 is 5.32 Å². The summed E-state index contributed by atoms with van der Waals surface area (Å²) in [6.45, 7) is 1.94. The van der Waals surface area contributed by atoms with Crippen LogP contribution in [0.25, 0.3) is 0 Å². The van der Waals surface area contributed by atoms with Crippen molar-refractivity contribution >= 4 is 28.5 Å². The number of amides is 1. The average Bonchev–Trinajstić information content (AvgIpc) is 2.28. The summed E-state index contributed by atoms with van der Waals surface area (Å²) >= 11 is 1.90. The number of nitrogens with zero attached hydrogens (tertiary/aromatic N) is 1. The summed E-state index contributed by atoms with van der Waals surface area (Å²) < 4.78 is 13.4. The van der Waals surface area contributed by atoms with E-state index in [0.717, 1.165) is 6.42 Å². The summed E-state index contributed by atoms with van der Waals surface area (Å²) in [5.41, 5.74) is 0.392. The molecular weight excluding hydrogens is 334 g/mol. The van der Waals surface area contributed by atoms with E-state index in [1.54, 1.807) is 0 Å². The number of hydrogen-bond acceptors (Lipinski definition) is 2. The van der Waals surface area contributed by atoms with E-state index >= 15 is 0 Å². The van der Waals surface area contributed by atoms with E-state index in [4.69, 9.17) is 5.26 Å². The Balaban J connectivity index is 2.79. The van der Waals surface area contributed by atoms with Crippen molar-refractivity contribution in [2.75, 3.05) is 0 Å². The van der Waals surface area contributed by atoms with Gasteiger partial charge in [-0.3, -0.25) is 4.79 Å². The molecule has 0 saturated carbocycles. The molecule has 1 atom stereocenters. The lowest BCUT2D eigenvalue weighted by Gasteiger charge is -2.11. The van der Waals surface area contributed by atoms with E-state index in [2.05, 4.69) is 5.32 Å². The lowest BCUT2D eigenvalue weighted by atomic mass is 10.1. The Morgan fingerprint density at radius 3 is 2.88 bits per heavy atom. The molecule has 1 N–H and O–H groups in total. The molecule has 0 aliphatic carbocycles. The van der Waals surface area contributed by atoms with Crippen molar-refractivity contribution in [1.29, 1.82) is 5.26 Å². The molecule has 1 aromatic carbocycles. The fourth-order valence-electron chi connectivity index (χ4n) is 1.37. The van der Waals surface area contributed by atoms with Crippen molar-refractivity contribution in [3.63, 3.8) is 0 Å². The number of nitrogens with one attached hydrogen (secondary N) is 1. The van der Waals surface area contributed by atoms with Crippen LogP contribution < -0.4 is 5.32 Å². The van der Waals surface area contributed by atoms with Crippen molar-refractivity contribution < 1.29 is 9.18 Å². The van der Waals surface area contributed by atoms with E-state index in [1.807, 2.05) is 35.6 Å². The Hall–Kier alpha value is -1.16. The van der Waals surface area contributed by atoms with E-state index in [9.17, 15) is 9.18 Å². The molecule has 0 radical (unpaired) electrons. The average molecular weight is 346 g/mol. The Morgan fingerprint density at radius 2 is 2.35 bits per heavy atom. The molecule has 0 aliphatic heterocycles. The van der Waals surface area contributed by atoms with Gasteiger partial charge in [-0.2, -0.15) is 5.26 Å². The molecule has 0 saturated heterocycles. The van der Waals surface area contributed by atoms with Gasteiger partial charge >= 0.3 is 0 Å². The van der Waals surface area contributed by atoms with E-state index in [0.29, 0.717) is 15.6 Å². The number of halogens is 2. The van der Waals surface area contributed by atoms with Crippen molar-refractivity contribution in [1.82, 2.24) is 5.32 Å². The third-order valence-electron chi connectivity index (χ3n) is 2.21. The molecule has 0 heterocycles. The van der Waals surface area contributed by atoms with Crippen LogP contribution in [0.4, 0.5) is 4.39 Å². The second-order valence-electron chi connectivity index (χ2n) is 3.57. The molecular formula is C12H12FIN2O. The maximum Gasteiger partial charge on any atom is 0.253 e. The van der Waals surface area contributed by atoms with Gasteiger partial charge in [-0.1, -0.05) is 13.3 Å². The van der Waals surface area contributed by atoms with Crippen LogP contribution in [0.5, 0.6) is 0 Å². The van der Waals surface area contributed by atoms with Crippen LogP contribution in [-0.2, 0) is 0 Å². The van der Waals surface area contributed by atoms with Crippen LogP contribution in [0.2, 0.25) is 0 Å². The molecule has 5 heteroatoms. The molecule has 0 bridgehead atoms. The lowest BCUT2D eigenvalue weighted by molar-refractivity contribution is 0.0943. The van der Waals surface area contributed by atoms with Gasteiger partial charge in [0, 0.05) is 3.57 Å². The molecule has 0 aliphatic rings. The predicted octanol–water partition coefficient (Wildman–Crippen LogP) is 2.85. The topological polar surface area (TPSA) is 52.9 Å². The summed E-state index contributed by atoms with van der Waals surface area (Å²) in [7, 11) is 0. The largest absolute Gasteiger partial charge is 0.336 e. The molecule has 0 aromatic heterocycles. The maximum atomic E-state index is 12.9. The molecule has 1 amide bonds. The first-order valence-electron chi connectivity index (χ1n) is 5.24. The first-order valence-corrected chi connectivity index (χ1v) is 6.32. The first-order chi connectivity index (χ1) is 8.08. The number of benzene rings is 1. The number of carbonyl (C=O) groups is 1. The number of nitriles is 1. The Morgan fingerprint density at radius 1 is 1.65 bits per heavy atom. The van der Waals surface area contributed by atoms with Gasteiger partial charge in [0.15, 0.2) is 0 Å². The SMILES string of the molecule is CCCC(C#N)NC(=O)c1ccc(F)cc1I. The summed E-state index contributed by atoms with van der Waals surface area (Å²) in [4.78, 5) is 11.8. The quantitative estimate of drug-likeness (QED) is 0.853. The Bertz CT molecular complexity index is 456. The standard InChI is InChI=1S/C12H12FIN2O/c1-2-3-9(7-15)16-12(17)10-5-4-8(13)6-11(10)14/h4-6,9H,2-3H2,1H3,(H,16,17). The van der Waals surface area contributed by atoms with E-state index in [1.165, 1.54) is 18.2 Å². The number of rotatable bonds is 4. The summed E-state index contributed by atoms with van der Waals surface area (Å²) in [6.07, 6.45) is 1.43. The van der Waals surface area contributed by atoms with Gasteiger partial charge in [0.05, 0.1) is 11.6 Å². The molecule has 0 spiro atoms. The highest BCUT2D eigenvalue weighted by molar-refractivity contribution is 14.1. The molecule has 90 valence electrons. The van der Waals surface area contributed by atoms with Gasteiger partial charge in [0.2, 0.25) is 0 Å². The van der Waals surface area contributed by atoms with Crippen LogP contribution >= 0.6 is 22.6 Å². The van der Waals surface area contributed by atoms with Crippen LogP contribution in [0.3, 0.4) is 0 Å². The van der Waals surface area contributed by atoms with Gasteiger partial charge in [0.1, 0.15) is 11.9 Å². The summed E-state index contributed by atoms with van der Waals surface area (Å²) in [5, 5.41) is 11.5. The number of carbonyl (C=O) groups excluding carboxylic acids is 1. The molecule has 1 aromatic rings. The third kappa shape index (κ3) is 3.97. The molecule has 0 fully saturated rings. The summed E-state index contributed by atoms with van der Waals surface area (Å²) in [6, 6.07) is 5.48. The van der Waals surface area contributed by atoms with E-state index in [-0.39, 0.29) is 11.7 Å². The second kappa shape index (κ2) is 6.55. The van der Waals surface area contributed by atoms with Crippen molar-refractivity contribution in [3.05, 3.63) is 33.1 Å². The monoisotopic (exact) mass is 346 g/mol. The third-order valence-corrected chi connectivity index (χ3v) is 3.11. The highest BCUT2D eigenvalue weighted by Crippen LogP contribution is 2.14. The normalized spacial score (nSPS) is 11.6. The Kier molecular flexibility index (Phi) is 5.35. The van der Waals surface area contributed by atoms with Gasteiger partial charge in [0.25, 0.3) is 5.91 Å². The van der Waals surface area contributed by atoms with Gasteiger partial charge in [-0.05, 0) is 47.2 Å². The fourth-order valence-corrected chi connectivity index (χ4v) is 2.09. The number of hydrogen-bond donors (Lipinski definition) is 1. The predicted molar refractivity (Wildman–Crippen MR) is 70.9 cm³/mol.